The fourth-order valence-corrected chi connectivity index (χ4v) is 2.58. The van der Waals surface area contributed by atoms with Gasteiger partial charge in [-0.3, -0.25) is 15.2 Å². The third-order valence-corrected chi connectivity index (χ3v) is 3.98. The highest BCUT2D eigenvalue weighted by atomic mass is 16.6. The Morgan fingerprint density at radius 1 is 1.22 bits per heavy atom. The van der Waals surface area contributed by atoms with Gasteiger partial charge in [0.15, 0.2) is 17.3 Å². The fraction of sp³-hybridized carbons (Fsp3) is 0.222. The highest BCUT2D eigenvalue weighted by Crippen LogP contribution is 2.31. The summed E-state index contributed by atoms with van der Waals surface area (Å²) in [4.78, 5) is 14.7. The second-order valence-electron chi connectivity index (χ2n) is 5.67. The lowest BCUT2D eigenvalue weighted by atomic mass is 10.1. The number of aromatic nitrogens is 3. The Kier molecular flexibility index (Phi) is 5.32. The fourth-order valence-electron chi connectivity index (χ4n) is 2.58. The van der Waals surface area contributed by atoms with Gasteiger partial charge in [-0.1, -0.05) is 6.07 Å². The molecule has 9 heteroatoms. The van der Waals surface area contributed by atoms with Crippen LogP contribution in [0.3, 0.4) is 0 Å². The van der Waals surface area contributed by atoms with Crippen molar-refractivity contribution < 1.29 is 14.4 Å². The first-order valence-electron chi connectivity index (χ1n) is 8.27. The Morgan fingerprint density at radius 3 is 2.59 bits per heavy atom. The van der Waals surface area contributed by atoms with Crippen LogP contribution >= 0.6 is 0 Å². The average molecular weight is 369 g/mol. The van der Waals surface area contributed by atoms with E-state index in [0.717, 1.165) is 5.56 Å². The van der Waals surface area contributed by atoms with E-state index in [0.29, 0.717) is 35.3 Å². The maximum Gasteiger partial charge on any atom is 0.269 e. The number of nitrogens with two attached hydrogens (primary N) is 1. The van der Waals surface area contributed by atoms with Gasteiger partial charge in [-0.05, 0) is 36.8 Å². The average Bonchev–Trinajstić information content (AvgIpc) is 3.18. The van der Waals surface area contributed by atoms with Crippen LogP contribution in [0.25, 0.3) is 11.4 Å². The molecule has 0 fully saturated rings. The van der Waals surface area contributed by atoms with Crippen LogP contribution in [0.1, 0.15) is 24.4 Å². The number of nitro groups is 1. The van der Waals surface area contributed by atoms with Crippen LogP contribution in [0.15, 0.2) is 42.5 Å². The van der Waals surface area contributed by atoms with Crippen molar-refractivity contribution >= 4 is 5.69 Å². The highest BCUT2D eigenvalue weighted by Gasteiger charge is 2.17. The van der Waals surface area contributed by atoms with E-state index in [1.165, 1.54) is 12.1 Å². The van der Waals surface area contributed by atoms with Crippen LogP contribution in [0, 0.1) is 10.1 Å². The summed E-state index contributed by atoms with van der Waals surface area (Å²) in [7, 11) is 1.56. The third-order valence-electron chi connectivity index (χ3n) is 3.98. The van der Waals surface area contributed by atoms with Crippen molar-refractivity contribution in [1.29, 1.82) is 0 Å². The van der Waals surface area contributed by atoms with Gasteiger partial charge in [0.25, 0.3) is 5.69 Å². The van der Waals surface area contributed by atoms with Gasteiger partial charge in [0.05, 0.1) is 24.7 Å². The van der Waals surface area contributed by atoms with Crippen LogP contribution in [0.5, 0.6) is 11.5 Å². The smallest absolute Gasteiger partial charge is 0.269 e. The molecule has 0 amide bonds. The van der Waals surface area contributed by atoms with E-state index >= 15 is 0 Å². The Hall–Kier alpha value is -3.46. The topological polar surface area (TPSA) is 129 Å². The number of rotatable bonds is 7. The zero-order valence-corrected chi connectivity index (χ0v) is 14.9. The van der Waals surface area contributed by atoms with Crippen molar-refractivity contribution in [3.8, 4) is 22.9 Å². The van der Waals surface area contributed by atoms with E-state index in [-0.39, 0.29) is 5.69 Å². The third kappa shape index (κ3) is 3.87. The molecule has 0 radical (unpaired) electrons. The zero-order valence-electron chi connectivity index (χ0n) is 14.9. The number of benzene rings is 2. The first kappa shape index (κ1) is 18.3. The number of hydrogen-bond donors (Lipinski definition) is 2. The molecule has 0 aliphatic rings. The van der Waals surface area contributed by atoms with Gasteiger partial charge >= 0.3 is 0 Å². The molecule has 0 aliphatic heterocycles. The van der Waals surface area contributed by atoms with E-state index in [4.69, 9.17) is 15.2 Å². The number of nitrogens with one attached hydrogen (secondary N) is 1. The molecule has 0 aliphatic carbocycles. The number of non-ortho nitro benzene ring substituents is 1. The number of aromatic amines is 1. The molecule has 0 saturated carbocycles. The maximum absolute atomic E-state index is 10.7. The minimum absolute atomic E-state index is 0.00712. The Morgan fingerprint density at radius 2 is 1.96 bits per heavy atom. The van der Waals surface area contributed by atoms with Crippen molar-refractivity contribution in [2.24, 2.45) is 5.73 Å². The molecule has 1 aromatic heterocycles. The summed E-state index contributed by atoms with van der Waals surface area (Å²) in [6.07, 6.45) is 0. The molecule has 140 valence electrons. The van der Waals surface area contributed by atoms with Gasteiger partial charge < -0.3 is 15.2 Å². The van der Waals surface area contributed by atoms with Gasteiger partial charge in [0.1, 0.15) is 5.82 Å². The molecular weight excluding hydrogens is 350 g/mol. The molecule has 3 aromatic rings. The van der Waals surface area contributed by atoms with Crippen molar-refractivity contribution in [3.63, 3.8) is 0 Å². The quantitative estimate of drug-likeness (QED) is 0.484. The molecule has 1 heterocycles. The van der Waals surface area contributed by atoms with Crippen LogP contribution in [-0.4, -0.2) is 33.8 Å². The normalized spacial score (nSPS) is 11.8. The van der Waals surface area contributed by atoms with Crippen molar-refractivity contribution in [3.05, 3.63) is 64.0 Å². The summed E-state index contributed by atoms with van der Waals surface area (Å²) >= 11 is 0. The second-order valence-corrected chi connectivity index (χ2v) is 5.67. The van der Waals surface area contributed by atoms with E-state index < -0.39 is 11.0 Å². The maximum atomic E-state index is 10.7. The first-order valence-corrected chi connectivity index (χ1v) is 8.27. The Balaban J connectivity index is 1.84. The van der Waals surface area contributed by atoms with Gasteiger partial charge in [0.2, 0.25) is 0 Å². The number of ether oxygens (including phenoxy) is 2. The number of H-pyrrole nitrogens is 1. The first-order chi connectivity index (χ1) is 13.0. The van der Waals surface area contributed by atoms with Gasteiger partial charge in [-0.25, -0.2) is 4.98 Å². The van der Waals surface area contributed by atoms with Crippen molar-refractivity contribution in [2.75, 3.05) is 13.7 Å². The molecule has 9 nitrogen and oxygen atoms in total. The van der Waals surface area contributed by atoms with Gasteiger partial charge in [0, 0.05) is 17.7 Å². The molecule has 3 N–H and O–H groups in total. The number of hydrogen-bond acceptors (Lipinski definition) is 7. The van der Waals surface area contributed by atoms with Crippen LogP contribution < -0.4 is 15.2 Å². The lowest BCUT2D eigenvalue weighted by Crippen LogP contribution is -2.14. The molecule has 3 rings (SSSR count). The molecule has 0 unspecified atom stereocenters. The second kappa shape index (κ2) is 7.83. The van der Waals surface area contributed by atoms with Gasteiger partial charge in [-0.15, -0.1) is 0 Å². The molecule has 2 aromatic carbocycles. The molecule has 1 atom stereocenters. The summed E-state index contributed by atoms with van der Waals surface area (Å²) in [5, 5.41) is 17.7. The van der Waals surface area contributed by atoms with Crippen LogP contribution in [-0.2, 0) is 0 Å². The van der Waals surface area contributed by atoms with Crippen LogP contribution in [0.2, 0.25) is 0 Å². The molecule has 27 heavy (non-hydrogen) atoms. The largest absolute Gasteiger partial charge is 0.493 e. The van der Waals surface area contributed by atoms with E-state index in [2.05, 4.69) is 15.2 Å². The predicted octanol–water partition coefficient (Wildman–Crippen LogP) is 2.84. The van der Waals surface area contributed by atoms with Gasteiger partial charge in [-0.2, -0.15) is 5.10 Å². The number of nitro benzene ring substituents is 1. The standard InChI is InChI=1S/C18H19N5O4/c1-3-27-14-9-6-12(10-15(14)26-2)16(19)18-20-17(21-22-18)11-4-7-13(8-5-11)23(24)25/h4-10,16H,3,19H2,1-2H3,(H,20,21,22)/t16-/m0/s1. The van der Waals surface area contributed by atoms with E-state index in [1.54, 1.807) is 31.4 Å². The van der Waals surface area contributed by atoms with Crippen LogP contribution in [0.4, 0.5) is 5.69 Å². The van der Waals surface area contributed by atoms with Crippen molar-refractivity contribution in [1.82, 2.24) is 15.2 Å². The highest BCUT2D eigenvalue weighted by molar-refractivity contribution is 5.57. The zero-order chi connectivity index (χ0) is 19.4. The summed E-state index contributed by atoms with van der Waals surface area (Å²) in [5.41, 5.74) is 7.74. The minimum atomic E-state index is -0.547. The molecule has 0 saturated heterocycles. The molecule has 0 bridgehead atoms. The van der Waals surface area contributed by atoms with E-state index in [9.17, 15) is 10.1 Å². The number of nitrogens with zero attached hydrogens (tertiary/aromatic N) is 3. The summed E-state index contributed by atoms with van der Waals surface area (Å²) in [6, 6.07) is 10.9. The van der Waals surface area contributed by atoms with Crippen molar-refractivity contribution in [2.45, 2.75) is 13.0 Å². The van der Waals surface area contributed by atoms with E-state index in [1.807, 2.05) is 13.0 Å². The Bertz CT molecular complexity index is 939. The lowest BCUT2D eigenvalue weighted by Gasteiger charge is -2.13. The summed E-state index contributed by atoms with van der Waals surface area (Å²) in [6.45, 7) is 2.43. The lowest BCUT2D eigenvalue weighted by molar-refractivity contribution is -0.384. The summed E-state index contributed by atoms with van der Waals surface area (Å²) < 4.78 is 10.9. The minimum Gasteiger partial charge on any atom is -0.493 e. The molecular formula is C18H19N5O4. The summed E-state index contributed by atoms with van der Waals surface area (Å²) in [5.74, 6) is 2.10. The predicted molar refractivity (Wildman–Crippen MR) is 98.7 cm³/mol. The Labute approximate surface area is 155 Å². The monoisotopic (exact) mass is 369 g/mol. The molecule has 0 spiro atoms. The SMILES string of the molecule is CCOc1ccc([C@H](N)c2nc(-c3ccc([N+](=O)[O-])cc3)n[nH]2)cc1OC. The number of methoxy groups -OCH3 is 1.